The number of hydrogen-bond donors (Lipinski definition) is 1. The van der Waals surface area contributed by atoms with Gasteiger partial charge in [0.2, 0.25) is 0 Å². The summed E-state index contributed by atoms with van der Waals surface area (Å²) in [4.78, 5) is 10.3. The molecule has 0 aliphatic rings. The second kappa shape index (κ2) is 4.10. The Hall–Kier alpha value is -2.23. The normalized spacial score (nSPS) is 11.1. The molecule has 2 rings (SSSR count). The predicted molar refractivity (Wildman–Crippen MR) is 59.4 cm³/mol. The molecule has 1 heterocycles. The molecule has 0 aliphatic carbocycles. The fourth-order valence-electron chi connectivity index (χ4n) is 1.40. The monoisotopic (exact) mass is 218 g/mol. The van der Waals surface area contributed by atoms with E-state index in [-0.39, 0.29) is 0 Å². The molecule has 4 heteroatoms. The standard InChI is InChI=1S/C12H10O4/c1-15-9-2-4-11-8(6-9)7-10(16-11)3-5-12(13)14/h2-7H,1H3,(H,13,14)/b5-3+. The van der Waals surface area contributed by atoms with E-state index in [1.54, 1.807) is 25.3 Å². The van der Waals surface area contributed by atoms with Gasteiger partial charge in [0.1, 0.15) is 17.1 Å². The Bertz CT molecular complexity index is 551. The van der Waals surface area contributed by atoms with Gasteiger partial charge >= 0.3 is 5.97 Å². The van der Waals surface area contributed by atoms with Crippen LogP contribution in [0.1, 0.15) is 5.76 Å². The third-order valence-electron chi connectivity index (χ3n) is 2.13. The number of aliphatic carboxylic acids is 1. The minimum absolute atomic E-state index is 0.505. The maximum atomic E-state index is 10.3. The molecule has 2 aromatic rings. The van der Waals surface area contributed by atoms with Gasteiger partial charge in [-0.05, 0) is 30.3 Å². The van der Waals surface area contributed by atoms with Gasteiger partial charge in [0, 0.05) is 11.5 Å². The van der Waals surface area contributed by atoms with Crippen LogP contribution in [-0.2, 0) is 4.79 Å². The van der Waals surface area contributed by atoms with Crippen molar-refractivity contribution < 1.29 is 19.1 Å². The fraction of sp³-hybridized carbons (Fsp3) is 0.0833. The fourth-order valence-corrected chi connectivity index (χ4v) is 1.40. The molecule has 0 saturated heterocycles. The van der Waals surface area contributed by atoms with Gasteiger partial charge in [-0.2, -0.15) is 0 Å². The molecule has 0 saturated carbocycles. The van der Waals surface area contributed by atoms with Crippen LogP contribution in [0.4, 0.5) is 0 Å². The van der Waals surface area contributed by atoms with Crippen LogP contribution >= 0.6 is 0 Å². The third-order valence-corrected chi connectivity index (χ3v) is 2.13. The Morgan fingerprint density at radius 2 is 2.25 bits per heavy atom. The number of hydrogen-bond acceptors (Lipinski definition) is 3. The largest absolute Gasteiger partial charge is 0.497 e. The Morgan fingerprint density at radius 1 is 1.44 bits per heavy atom. The van der Waals surface area contributed by atoms with Crippen LogP contribution in [-0.4, -0.2) is 18.2 Å². The van der Waals surface area contributed by atoms with Crippen molar-refractivity contribution in [1.82, 2.24) is 0 Å². The average molecular weight is 218 g/mol. The SMILES string of the molecule is COc1ccc2oc(/C=C/C(=O)O)cc2c1. The topological polar surface area (TPSA) is 59.7 Å². The Morgan fingerprint density at radius 3 is 2.94 bits per heavy atom. The van der Waals surface area contributed by atoms with E-state index in [0.717, 1.165) is 17.2 Å². The predicted octanol–water partition coefficient (Wildman–Crippen LogP) is 2.54. The first kappa shape index (κ1) is 10.3. The molecule has 0 unspecified atom stereocenters. The molecular formula is C12H10O4. The maximum Gasteiger partial charge on any atom is 0.328 e. The summed E-state index contributed by atoms with van der Waals surface area (Å²) >= 11 is 0. The number of carboxylic acids is 1. The van der Waals surface area contributed by atoms with E-state index < -0.39 is 5.97 Å². The lowest BCUT2D eigenvalue weighted by atomic mass is 10.2. The van der Waals surface area contributed by atoms with Crippen molar-refractivity contribution >= 4 is 23.0 Å². The van der Waals surface area contributed by atoms with Crippen LogP contribution in [0.2, 0.25) is 0 Å². The highest BCUT2D eigenvalue weighted by atomic mass is 16.5. The van der Waals surface area contributed by atoms with Gasteiger partial charge in [0.05, 0.1) is 7.11 Å². The molecule has 4 nitrogen and oxygen atoms in total. The zero-order chi connectivity index (χ0) is 11.5. The summed E-state index contributed by atoms with van der Waals surface area (Å²) < 4.78 is 10.5. The van der Waals surface area contributed by atoms with Gasteiger partial charge in [-0.15, -0.1) is 0 Å². The number of carboxylic acid groups (broad SMARTS) is 1. The number of methoxy groups -OCH3 is 1. The van der Waals surface area contributed by atoms with Crippen molar-refractivity contribution in [2.75, 3.05) is 7.11 Å². The molecule has 1 N–H and O–H groups in total. The molecule has 82 valence electrons. The Kier molecular flexibility index (Phi) is 2.64. The van der Waals surface area contributed by atoms with Crippen LogP contribution in [0.3, 0.4) is 0 Å². The van der Waals surface area contributed by atoms with Gasteiger partial charge in [-0.1, -0.05) is 0 Å². The molecule has 16 heavy (non-hydrogen) atoms. The summed E-state index contributed by atoms with van der Waals surface area (Å²) in [6.07, 6.45) is 2.45. The minimum atomic E-state index is -1.00. The molecular weight excluding hydrogens is 208 g/mol. The Balaban J connectivity index is 2.40. The first-order valence-corrected chi connectivity index (χ1v) is 4.67. The van der Waals surface area contributed by atoms with E-state index in [0.29, 0.717) is 11.3 Å². The summed E-state index contributed by atoms with van der Waals surface area (Å²) in [7, 11) is 1.59. The lowest BCUT2D eigenvalue weighted by Crippen LogP contribution is -1.84. The summed E-state index contributed by atoms with van der Waals surface area (Å²) in [5.41, 5.74) is 0.700. The summed E-state index contributed by atoms with van der Waals surface area (Å²) in [6.45, 7) is 0. The van der Waals surface area contributed by atoms with Crippen LogP contribution in [0.25, 0.3) is 17.0 Å². The number of carbonyl (C=O) groups is 1. The van der Waals surface area contributed by atoms with Crippen molar-refractivity contribution in [3.8, 4) is 5.75 Å². The second-order valence-electron chi connectivity index (χ2n) is 3.22. The van der Waals surface area contributed by atoms with Gasteiger partial charge in [0.25, 0.3) is 0 Å². The van der Waals surface area contributed by atoms with Crippen molar-refractivity contribution in [3.63, 3.8) is 0 Å². The highest BCUT2D eigenvalue weighted by Gasteiger charge is 2.02. The molecule has 1 aromatic carbocycles. The highest BCUT2D eigenvalue weighted by molar-refractivity contribution is 5.87. The van der Waals surface area contributed by atoms with Crippen molar-refractivity contribution in [1.29, 1.82) is 0 Å². The zero-order valence-electron chi connectivity index (χ0n) is 8.64. The number of benzene rings is 1. The Labute approximate surface area is 91.7 Å². The lowest BCUT2D eigenvalue weighted by molar-refractivity contribution is -0.131. The molecule has 1 aromatic heterocycles. The molecule has 0 aliphatic heterocycles. The summed E-state index contributed by atoms with van der Waals surface area (Å²) in [5.74, 6) is 0.241. The summed E-state index contributed by atoms with van der Waals surface area (Å²) in [6, 6.07) is 7.16. The van der Waals surface area contributed by atoms with E-state index in [9.17, 15) is 4.79 Å². The third kappa shape index (κ3) is 2.06. The molecule has 0 atom stereocenters. The van der Waals surface area contributed by atoms with E-state index in [4.69, 9.17) is 14.3 Å². The molecule has 0 spiro atoms. The van der Waals surface area contributed by atoms with Crippen LogP contribution in [0.15, 0.2) is 34.8 Å². The van der Waals surface area contributed by atoms with E-state index >= 15 is 0 Å². The minimum Gasteiger partial charge on any atom is -0.497 e. The van der Waals surface area contributed by atoms with Gasteiger partial charge < -0.3 is 14.3 Å². The number of furan rings is 1. The maximum absolute atomic E-state index is 10.3. The first-order valence-electron chi connectivity index (χ1n) is 4.67. The zero-order valence-corrected chi connectivity index (χ0v) is 8.64. The van der Waals surface area contributed by atoms with Gasteiger partial charge in [0.15, 0.2) is 0 Å². The van der Waals surface area contributed by atoms with Crippen LogP contribution in [0.5, 0.6) is 5.75 Å². The second-order valence-corrected chi connectivity index (χ2v) is 3.22. The van der Waals surface area contributed by atoms with Crippen molar-refractivity contribution in [2.45, 2.75) is 0 Å². The number of ether oxygens (including phenoxy) is 1. The van der Waals surface area contributed by atoms with Gasteiger partial charge in [-0.25, -0.2) is 4.79 Å². The van der Waals surface area contributed by atoms with E-state index in [2.05, 4.69) is 0 Å². The average Bonchev–Trinajstić information content (AvgIpc) is 2.67. The molecule has 0 amide bonds. The lowest BCUT2D eigenvalue weighted by Gasteiger charge is -1.96. The number of rotatable bonds is 3. The highest BCUT2D eigenvalue weighted by Crippen LogP contribution is 2.24. The molecule has 0 radical (unpaired) electrons. The van der Waals surface area contributed by atoms with Crippen molar-refractivity contribution in [2.24, 2.45) is 0 Å². The van der Waals surface area contributed by atoms with Crippen LogP contribution in [0, 0.1) is 0 Å². The van der Waals surface area contributed by atoms with E-state index in [1.807, 2.05) is 6.07 Å². The van der Waals surface area contributed by atoms with Crippen molar-refractivity contribution in [3.05, 3.63) is 36.1 Å². The quantitative estimate of drug-likeness (QED) is 0.804. The van der Waals surface area contributed by atoms with Gasteiger partial charge in [-0.3, -0.25) is 0 Å². The molecule has 0 bridgehead atoms. The van der Waals surface area contributed by atoms with E-state index in [1.165, 1.54) is 6.08 Å². The van der Waals surface area contributed by atoms with Crippen LogP contribution < -0.4 is 4.74 Å². The smallest absolute Gasteiger partial charge is 0.328 e. The molecule has 0 fully saturated rings. The first-order chi connectivity index (χ1) is 7.69. The summed E-state index contributed by atoms with van der Waals surface area (Å²) in [5, 5.41) is 9.36. The number of fused-ring (bicyclic) bond motifs is 1.